The topological polar surface area (TPSA) is 145 Å². The van der Waals surface area contributed by atoms with Crippen molar-refractivity contribution in [2.45, 2.75) is 26.1 Å². The number of hydrogen-bond donors (Lipinski definition) is 2. The van der Waals surface area contributed by atoms with E-state index in [0.29, 0.717) is 0 Å². The van der Waals surface area contributed by atoms with Crippen LogP contribution in [0.2, 0.25) is 0 Å². The second-order valence-electron chi connectivity index (χ2n) is 8.28. The van der Waals surface area contributed by atoms with Crippen molar-refractivity contribution in [3.63, 3.8) is 0 Å². The molecule has 10 nitrogen and oxygen atoms in total. The summed E-state index contributed by atoms with van der Waals surface area (Å²) in [5.41, 5.74) is 2.00. The fourth-order valence-electron chi connectivity index (χ4n) is 3.30. The normalized spacial score (nSPS) is 12.0. The summed E-state index contributed by atoms with van der Waals surface area (Å²) in [6.45, 7) is 3.61. The van der Waals surface area contributed by atoms with Crippen LogP contribution < -0.4 is 5.32 Å². The number of hydrogen-bond acceptors (Lipinski definition) is 8. The van der Waals surface area contributed by atoms with Crippen LogP contribution in [0, 0.1) is 13.8 Å². The number of carbonyl (C=O) groups excluding carboxylic acids is 4. The Kier molecular flexibility index (Phi) is 8.94. The van der Waals surface area contributed by atoms with Gasteiger partial charge in [0.2, 0.25) is 12.2 Å². The van der Waals surface area contributed by atoms with Gasteiger partial charge in [0.25, 0.3) is 5.91 Å². The van der Waals surface area contributed by atoms with Crippen molar-refractivity contribution in [1.82, 2.24) is 0 Å². The van der Waals surface area contributed by atoms with Crippen molar-refractivity contribution in [3.05, 3.63) is 101 Å². The number of rotatable bonds is 9. The van der Waals surface area contributed by atoms with Crippen LogP contribution >= 0.6 is 0 Å². The summed E-state index contributed by atoms with van der Waals surface area (Å²) in [5.74, 6) is -5.53. The summed E-state index contributed by atoms with van der Waals surface area (Å²) in [5, 5.41) is 12.3. The Balaban J connectivity index is 1.92. The highest BCUT2D eigenvalue weighted by atomic mass is 16.6. The maximum atomic E-state index is 13.2. The van der Waals surface area contributed by atoms with Crippen molar-refractivity contribution < 1.29 is 43.3 Å². The summed E-state index contributed by atoms with van der Waals surface area (Å²) in [4.78, 5) is 62.8. The molecular formula is C28H25NO9. The molecule has 0 saturated heterocycles. The smallest absolute Gasteiger partial charge is 0.349 e. The SMILES string of the molecule is COC(=O)c1cccc(NC(=O)[C@@H](OC(=O)c2ccc(C)cc2)[C@@H](OC(=O)c2ccc(C)cc2)C(=O)O)c1. The minimum absolute atomic E-state index is 0.0386. The Bertz CT molecular complexity index is 1350. The van der Waals surface area contributed by atoms with Crippen LogP contribution in [0.3, 0.4) is 0 Å². The Morgan fingerprint density at radius 3 is 1.66 bits per heavy atom. The van der Waals surface area contributed by atoms with E-state index in [4.69, 9.17) is 9.47 Å². The van der Waals surface area contributed by atoms with Gasteiger partial charge in [0.05, 0.1) is 23.8 Å². The van der Waals surface area contributed by atoms with Crippen LogP contribution in [0.15, 0.2) is 72.8 Å². The first-order valence-corrected chi connectivity index (χ1v) is 11.4. The van der Waals surface area contributed by atoms with Gasteiger partial charge in [-0.05, 0) is 56.3 Å². The largest absolute Gasteiger partial charge is 0.478 e. The van der Waals surface area contributed by atoms with E-state index in [1.54, 1.807) is 38.1 Å². The number of nitrogens with one attached hydrogen (secondary N) is 1. The zero-order chi connectivity index (χ0) is 27.8. The molecule has 0 radical (unpaired) electrons. The summed E-state index contributed by atoms with van der Waals surface area (Å²) in [6.07, 6.45) is -4.28. The molecule has 1 amide bonds. The molecule has 0 heterocycles. The maximum absolute atomic E-state index is 13.2. The van der Waals surface area contributed by atoms with Gasteiger partial charge in [0.15, 0.2) is 0 Å². The van der Waals surface area contributed by atoms with Crippen LogP contribution in [0.25, 0.3) is 0 Å². The van der Waals surface area contributed by atoms with Crippen molar-refractivity contribution in [2.75, 3.05) is 12.4 Å². The summed E-state index contributed by atoms with van der Waals surface area (Å²) < 4.78 is 15.1. The monoisotopic (exact) mass is 519 g/mol. The van der Waals surface area contributed by atoms with E-state index in [0.717, 1.165) is 11.1 Å². The zero-order valence-electron chi connectivity index (χ0n) is 20.8. The minimum atomic E-state index is -2.19. The predicted octanol–water partition coefficient (Wildman–Crippen LogP) is 3.56. The second kappa shape index (κ2) is 12.3. The van der Waals surface area contributed by atoms with Crippen molar-refractivity contribution in [2.24, 2.45) is 0 Å². The van der Waals surface area contributed by atoms with Crippen LogP contribution in [-0.2, 0) is 23.8 Å². The molecule has 196 valence electrons. The average molecular weight is 520 g/mol. The number of amides is 1. The third-order valence-corrected chi connectivity index (χ3v) is 5.37. The van der Waals surface area contributed by atoms with Gasteiger partial charge in [0, 0.05) is 5.69 Å². The third kappa shape index (κ3) is 7.03. The van der Waals surface area contributed by atoms with Gasteiger partial charge < -0.3 is 24.6 Å². The fourth-order valence-corrected chi connectivity index (χ4v) is 3.30. The lowest BCUT2D eigenvalue weighted by molar-refractivity contribution is -0.157. The molecule has 38 heavy (non-hydrogen) atoms. The molecule has 0 spiro atoms. The molecule has 0 fully saturated rings. The standard InChI is InChI=1S/C28H25NO9/c1-16-7-11-18(12-8-16)27(34)37-22(24(30)29-21-6-4-5-20(15-21)26(33)36-3)23(25(31)32)38-28(35)19-13-9-17(2)10-14-19/h4-15,22-23H,1-3H3,(H,29,30)(H,31,32)/t22-,23+/m0/s1. The number of carboxylic acids is 1. The number of benzene rings is 3. The number of carbonyl (C=O) groups is 5. The Hall–Kier alpha value is -4.99. The van der Waals surface area contributed by atoms with E-state index >= 15 is 0 Å². The maximum Gasteiger partial charge on any atom is 0.349 e. The highest BCUT2D eigenvalue weighted by molar-refractivity contribution is 6.02. The second-order valence-corrected chi connectivity index (χ2v) is 8.28. The summed E-state index contributed by atoms with van der Waals surface area (Å²) in [6, 6.07) is 17.9. The molecule has 0 unspecified atom stereocenters. The third-order valence-electron chi connectivity index (χ3n) is 5.37. The first kappa shape index (κ1) is 27.6. The number of carboxylic acid groups (broad SMARTS) is 1. The van der Waals surface area contributed by atoms with Gasteiger partial charge in [0.1, 0.15) is 0 Å². The Morgan fingerprint density at radius 1 is 0.684 bits per heavy atom. The number of aliphatic carboxylic acids is 1. The molecule has 2 N–H and O–H groups in total. The quantitative estimate of drug-likeness (QED) is 0.320. The first-order valence-electron chi connectivity index (χ1n) is 11.4. The molecule has 2 atom stereocenters. The summed E-state index contributed by atoms with van der Waals surface area (Å²) in [7, 11) is 1.19. The van der Waals surface area contributed by atoms with Crippen molar-refractivity contribution >= 4 is 35.5 Å². The van der Waals surface area contributed by atoms with Crippen LogP contribution in [0.4, 0.5) is 5.69 Å². The van der Waals surface area contributed by atoms with Gasteiger partial charge >= 0.3 is 23.9 Å². The zero-order valence-corrected chi connectivity index (χ0v) is 20.8. The predicted molar refractivity (Wildman–Crippen MR) is 135 cm³/mol. The molecule has 0 saturated carbocycles. The van der Waals surface area contributed by atoms with E-state index in [9.17, 15) is 29.1 Å². The van der Waals surface area contributed by atoms with E-state index in [1.165, 1.54) is 55.6 Å². The molecule has 0 aliphatic carbocycles. The first-order chi connectivity index (χ1) is 18.1. The Morgan fingerprint density at radius 2 is 1.18 bits per heavy atom. The average Bonchev–Trinajstić information content (AvgIpc) is 2.90. The molecule has 3 aromatic carbocycles. The lowest BCUT2D eigenvalue weighted by Gasteiger charge is -2.23. The molecule has 0 bridgehead atoms. The molecular weight excluding hydrogens is 494 g/mol. The number of ether oxygens (including phenoxy) is 3. The van der Waals surface area contributed by atoms with Crippen LogP contribution in [0.1, 0.15) is 42.2 Å². The van der Waals surface area contributed by atoms with E-state index in [2.05, 4.69) is 10.1 Å². The van der Waals surface area contributed by atoms with Crippen molar-refractivity contribution in [1.29, 1.82) is 0 Å². The molecule has 0 aliphatic heterocycles. The van der Waals surface area contributed by atoms with E-state index < -0.39 is 42.0 Å². The lowest BCUT2D eigenvalue weighted by Crippen LogP contribution is -2.48. The molecule has 3 aromatic rings. The highest BCUT2D eigenvalue weighted by Gasteiger charge is 2.41. The molecule has 0 aromatic heterocycles. The lowest BCUT2D eigenvalue weighted by atomic mass is 10.1. The van der Waals surface area contributed by atoms with E-state index in [1.807, 2.05) is 0 Å². The molecule has 10 heteroatoms. The minimum Gasteiger partial charge on any atom is -0.478 e. The molecule has 0 aliphatic rings. The Labute approximate surface area is 218 Å². The van der Waals surface area contributed by atoms with Gasteiger partial charge in [-0.1, -0.05) is 41.5 Å². The van der Waals surface area contributed by atoms with Crippen LogP contribution in [0.5, 0.6) is 0 Å². The van der Waals surface area contributed by atoms with E-state index in [-0.39, 0.29) is 22.4 Å². The fraction of sp³-hybridized carbons (Fsp3) is 0.179. The number of anilines is 1. The van der Waals surface area contributed by atoms with Gasteiger partial charge in [-0.25, -0.2) is 19.2 Å². The summed E-state index contributed by atoms with van der Waals surface area (Å²) >= 11 is 0. The van der Waals surface area contributed by atoms with Gasteiger partial charge in [-0.3, -0.25) is 4.79 Å². The number of methoxy groups -OCH3 is 1. The van der Waals surface area contributed by atoms with Crippen LogP contribution in [-0.4, -0.2) is 54.2 Å². The van der Waals surface area contributed by atoms with Gasteiger partial charge in [-0.2, -0.15) is 0 Å². The number of esters is 3. The highest BCUT2D eigenvalue weighted by Crippen LogP contribution is 2.18. The number of aryl methyl sites for hydroxylation is 2. The van der Waals surface area contributed by atoms with Gasteiger partial charge in [-0.15, -0.1) is 0 Å². The van der Waals surface area contributed by atoms with Crippen molar-refractivity contribution in [3.8, 4) is 0 Å². The molecule has 3 rings (SSSR count).